The van der Waals surface area contributed by atoms with Gasteiger partial charge in [0.15, 0.2) is 5.17 Å². The molecule has 2 aliphatic rings. The fourth-order valence-electron chi connectivity index (χ4n) is 4.12. The summed E-state index contributed by atoms with van der Waals surface area (Å²) in [7, 11) is 1.60. The van der Waals surface area contributed by atoms with E-state index in [0.717, 1.165) is 22.6 Å². The number of anilines is 1. The van der Waals surface area contributed by atoms with Crippen LogP contribution < -0.4 is 10.1 Å². The Bertz CT molecular complexity index is 1320. The summed E-state index contributed by atoms with van der Waals surface area (Å²) in [4.78, 5) is 37.4. The van der Waals surface area contributed by atoms with Gasteiger partial charge >= 0.3 is 0 Å². The van der Waals surface area contributed by atoms with Crippen LogP contribution in [0.1, 0.15) is 30.5 Å². The average molecular weight is 485 g/mol. The second-order valence-electron chi connectivity index (χ2n) is 8.10. The highest BCUT2D eigenvalue weighted by Gasteiger charge is 2.43. The van der Waals surface area contributed by atoms with Gasteiger partial charge in [-0.3, -0.25) is 14.5 Å². The molecule has 176 valence electrons. The van der Waals surface area contributed by atoms with Crippen molar-refractivity contribution in [1.29, 1.82) is 0 Å². The van der Waals surface area contributed by atoms with Gasteiger partial charge in [-0.1, -0.05) is 61.2 Å². The molecule has 8 heteroatoms. The number of nitrogens with zero attached hydrogens (tertiary/aromatic N) is 3. The SMILES string of the molecule is CCC(SC1=Nc2ccccc2C2=NC(=O)C(c3ccccc3)N12)C(=O)Nc1ccc(OC)cc1. The summed E-state index contributed by atoms with van der Waals surface area (Å²) in [5.74, 6) is 0.913. The van der Waals surface area contributed by atoms with Gasteiger partial charge in [-0.15, -0.1) is 0 Å². The number of nitrogens with one attached hydrogen (secondary N) is 1. The number of para-hydroxylation sites is 1. The molecule has 0 saturated heterocycles. The highest BCUT2D eigenvalue weighted by atomic mass is 32.2. The van der Waals surface area contributed by atoms with Gasteiger partial charge in [0.25, 0.3) is 5.91 Å². The van der Waals surface area contributed by atoms with Gasteiger partial charge in [-0.25, -0.2) is 4.99 Å². The van der Waals surface area contributed by atoms with Crippen LogP contribution >= 0.6 is 11.8 Å². The maximum Gasteiger partial charge on any atom is 0.275 e. The normalized spacial score (nSPS) is 17.1. The molecule has 0 radical (unpaired) electrons. The molecule has 0 bridgehead atoms. The first kappa shape index (κ1) is 22.9. The molecule has 2 aliphatic heterocycles. The Kier molecular flexibility index (Phi) is 6.37. The summed E-state index contributed by atoms with van der Waals surface area (Å²) in [6, 6.07) is 23.8. The molecule has 0 spiro atoms. The number of carbonyl (C=O) groups excluding carboxylic acids is 2. The Balaban J connectivity index is 1.46. The van der Waals surface area contributed by atoms with Gasteiger partial charge < -0.3 is 10.1 Å². The lowest BCUT2D eigenvalue weighted by atomic mass is 10.0. The van der Waals surface area contributed by atoms with Gasteiger partial charge in [0, 0.05) is 11.3 Å². The maximum absolute atomic E-state index is 13.2. The number of fused-ring (bicyclic) bond motifs is 3. The number of aliphatic imine (C=N–C) groups is 2. The van der Waals surface area contributed by atoms with Crippen LogP contribution in [0, 0.1) is 0 Å². The molecular weight excluding hydrogens is 460 g/mol. The van der Waals surface area contributed by atoms with Gasteiger partial charge in [0.05, 0.1) is 18.0 Å². The van der Waals surface area contributed by atoms with Gasteiger partial charge in [0.1, 0.15) is 17.6 Å². The van der Waals surface area contributed by atoms with Crippen LogP contribution in [0.25, 0.3) is 0 Å². The van der Waals surface area contributed by atoms with Crippen LogP contribution in [0.3, 0.4) is 0 Å². The molecule has 0 aromatic heterocycles. The Labute approximate surface area is 207 Å². The first-order valence-corrected chi connectivity index (χ1v) is 12.2. The zero-order valence-corrected chi connectivity index (χ0v) is 20.2. The molecule has 2 atom stereocenters. The van der Waals surface area contributed by atoms with E-state index in [9.17, 15) is 9.59 Å². The van der Waals surface area contributed by atoms with E-state index >= 15 is 0 Å². The largest absolute Gasteiger partial charge is 0.497 e. The minimum Gasteiger partial charge on any atom is -0.497 e. The van der Waals surface area contributed by atoms with Crippen LogP contribution in [-0.2, 0) is 9.59 Å². The number of methoxy groups -OCH3 is 1. The number of carbonyl (C=O) groups is 2. The van der Waals surface area contributed by atoms with Crippen molar-refractivity contribution in [2.24, 2.45) is 9.98 Å². The molecule has 0 fully saturated rings. The smallest absolute Gasteiger partial charge is 0.275 e. The third-order valence-electron chi connectivity index (χ3n) is 5.89. The number of amides is 2. The fourth-order valence-corrected chi connectivity index (χ4v) is 5.16. The number of thioether (sulfide) groups is 1. The Morgan fingerprint density at radius 1 is 1.03 bits per heavy atom. The summed E-state index contributed by atoms with van der Waals surface area (Å²) >= 11 is 1.35. The molecule has 7 nitrogen and oxygen atoms in total. The number of hydrogen-bond acceptors (Lipinski definition) is 6. The predicted molar refractivity (Wildman–Crippen MR) is 139 cm³/mol. The second kappa shape index (κ2) is 9.76. The van der Waals surface area contributed by atoms with Crippen molar-refractivity contribution in [3.63, 3.8) is 0 Å². The zero-order chi connectivity index (χ0) is 24.4. The van der Waals surface area contributed by atoms with Crippen molar-refractivity contribution in [2.75, 3.05) is 12.4 Å². The molecule has 3 aromatic rings. The van der Waals surface area contributed by atoms with Crippen molar-refractivity contribution in [3.05, 3.63) is 90.0 Å². The molecule has 2 heterocycles. The Morgan fingerprint density at radius 3 is 2.46 bits per heavy atom. The number of rotatable bonds is 6. The van der Waals surface area contributed by atoms with Crippen molar-refractivity contribution < 1.29 is 14.3 Å². The van der Waals surface area contributed by atoms with E-state index in [-0.39, 0.29) is 11.8 Å². The third kappa shape index (κ3) is 4.44. The zero-order valence-electron chi connectivity index (χ0n) is 19.3. The number of ether oxygens (including phenoxy) is 1. The van der Waals surface area contributed by atoms with Gasteiger partial charge in [0.2, 0.25) is 5.91 Å². The summed E-state index contributed by atoms with van der Waals surface area (Å²) in [6.07, 6.45) is 0.581. The highest BCUT2D eigenvalue weighted by Crippen LogP contribution is 2.40. The van der Waals surface area contributed by atoms with E-state index in [4.69, 9.17) is 9.73 Å². The minimum absolute atomic E-state index is 0.135. The maximum atomic E-state index is 13.2. The monoisotopic (exact) mass is 484 g/mol. The molecule has 5 rings (SSSR count). The lowest BCUT2D eigenvalue weighted by Gasteiger charge is -2.32. The molecular formula is C27H24N4O3S. The van der Waals surface area contributed by atoms with Gasteiger partial charge in [-0.05, 0) is 48.4 Å². The standard InChI is InChI=1S/C27H24N4O3S/c1-3-22(25(32)28-18-13-15-19(34-2)16-14-18)35-27-29-21-12-8-7-11-20(21)24-30-26(33)23(31(24)27)17-9-5-4-6-10-17/h4-16,22-23H,3H2,1-2H3,(H,28,32). The van der Waals surface area contributed by atoms with Crippen LogP contribution in [0.2, 0.25) is 0 Å². The average Bonchev–Trinajstić information content (AvgIpc) is 3.25. The molecule has 2 unspecified atom stereocenters. The van der Waals surface area contributed by atoms with E-state index in [1.54, 1.807) is 31.4 Å². The lowest BCUT2D eigenvalue weighted by Crippen LogP contribution is -2.40. The highest BCUT2D eigenvalue weighted by molar-refractivity contribution is 8.15. The van der Waals surface area contributed by atoms with Crippen molar-refractivity contribution >= 4 is 46.0 Å². The molecule has 1 N–H and O–H groups in total. The number of amidine groups is 2. The minimum atomic E-state index is -0.618. The third-order valence-corrected chi connectivity index (χ3v) is 7.22. The fraction of sp³-hybridized carbons (Fsp3) is 0.185. The molecule has 2 amide bonds. The van der Waals surface area contributed by atoms with Crippen molar-refractivity contribution in [2.45, 2.75) is 24.6 Å². The summed E-state index contributed by atoms with van der Waals surface area (Å²) in [6.45, 7) is 1.96. The topological polar surface area (TPSA) is 83.4 Å². The first-order valence-electron chi connectivity index (χ1n) is 11.4. The van der Waals surface area contributed by atoms with Crippen LogP contribution in [0.5, 0.6) is 5.75 Å². The first-order chi connectivity index (χ1) is 17.1. The number of benzene rings is 3. The summed E-state index contributed by atoms with van der Waals surface area (Å²) in [5.41, 5.74) is 3.06. The molecule has 3 aromatic carbocycles. The quantitative estimate of drug-likeness (QED) is 0.521. The second-order valence-corrected chi connectivity index (χ2v) is 9.27. The molecule has 35 heavy (non-hydrogen) atoms. The molecule has 0 saturated carbocycles. The van der Waals surface area contributed by atoms with E-state index in [0.29, 0.717) is 23.1 Å². The predicted octanol–water partition coefficient (Wildman–Crippen LogP) is 5.18. The van der Waals surface area contributed by atoms with E-state index in [1.807, 2.05) is 66.4 Å². The molecule has 0 aliphatic carbocycles. The Hall–Kier alpha value is -3.91. The van der Waals surface area contributed by atoms with Crippen molar-refractivity contribution in [1.82, 2.24) is 4.90 Å². The van der Waals surface area contributed by atoms with Crippen molar-refractivity contribution in [3.8, 4) is 5.75 Å². The van der Waals surface area contributed by atoms with E-state index in [2.05, 4.69) is 10.3 Å². The van der Waals surface area contributed by atoms with Crippen LogP contribution in [0.15, 0.2) is 88.8 Å². The number of hydrogen-bond donors (Lipinski definition) is 1. The van der Waals surface area contributed by atoms with E-state index in [1.165, 1.54) is 11.8 Å². The lowest BCUT2D eigenvalue weighted by molar-refractivity contribution is -0.119. The Morgan fingerprint density at radius 2 is 1.74 bits per heavy atom. The van der Waals surface area contributed by atoms with E-state index < -0.39 is 11.3 Å². The van der Waals surface area contributed by atoms with Gasteiger partial charge in [-0.2, -0.15) is 4.99 Å². The summed E-state index contributed by atoms with van der Waals surface area (Å²) in [5, 5.41) is 3.14. The van der Waals surface area contributed by atoms with Crippen LogP contribution in [-0.4, -0.2) is 40.1 Å². The van der Waals surface area contributed by atoms with Crippen LogP contribution in [0.4, 0.5) is 11.4 Å². The summed E-state index contributed by atoms with van der Waals surface area (Å²) < 4.78 is 5.19.